The van der Waals surface area contributed by atoms with Crippen LogP contribution in [0.2, 0.25) is 0 Å². The number of carbonyl (C=O) groups is 5. The first-order chi connectivity index (χ1) is 30.5. The second kappa shape index (κ2) is 44.1. The summed E-state index contributed by atoms with van der Waals surface area (Å²) in [4.78, 5) is 70.4. The molecule has 0 fully saturated rings. The van der Waals surface area contributed by atoms with Gasteiger partial charge in [-0.1, -0.05) is 141 Å². The van der Waals surface area contributed by atoms with Gasteiger partial charge in [-0.3, -0.25) is 33.0 Å². The van der Waals surface area contributed by atoms with Crippen molar-refractivity contribution in [1.82, 2.24) is 16.0 Å². The first-order valence-electron chi connectivity index (χ1n) is 24.3. The highest BCUT2D eigenvalue weighted by Crippen LogP contribution is 2.43. The number of phosphoric ester groups is 1. The molecule has 1 unspecified atom stereocenters. The quantitative estimate of drug-likeness (QED) is 0.0167. The summed E-state index contributed by atoms with van der Waals surface area (Å²) in [6, 6.07) is 0. The van der Waals surface area contributed by atoms with E-state index >= 15 is 0 Å². The lowest BCUT2D eigenvalue weighted by molar-refractivity contribution is -0.161. The molecule has 0 rings (SSSR count). The molecule has 0 saturated carbocycles. The van der Waals surface area contributed by atoms with Crippen LogP contribution in [0.5, 0.6) is 0 Å². The number of ether oxygens (including phenoxy) is 2. The van der Waals surface area contributed by atoms with Crippen LogP contribution in [0.3, 0.4) is 0 Å². The van der Waals surface area contributed by atoms with Gasteiger partial charge in [0.25, 0.3) is 0 Å². The monoisotopic (exact) mass is 915 g/mol. The van der Waals surface area contributed by atoms with Gasteiger partial charge in [0, 0.05) is 19.4 Å². The second-order valence-corrected chi connectivity index (χ2v) is 17.6. The fraction of sp³-hybridized carbons (Fsp3) is 0.809. The fourth-order valence-electron chi connectivity index (χ4n) is 6.42. The standard InChI is InChI=1S/C47H87N4O11P/c1-3-5-7-9-11-13-15-17-19-21-23-25-27-29-31-33-46(55)59-40-42(62-47(56)34-32-30-28-26-24-22-20-18-16-14-12-10-8-6-4-2)41-61-63(57,58)60-36-35-49-44(53)38-51-45(54)39-50-43(52)37-48/h17-20,42H,3-16,21-41,48H2,1-2H3,(H,49,53)(H,50,52)(H,51,54)(H,57,58)/t42-/m1/s1. The lowest BCUT2D eigenvalue weighted by atomic mass is 10.1. The molecule has 16 heteroatoms. The summed E-state index contributed by atoms with van der Waals surface area (Å²) < 4.78 is 33.5. The van der Waals surface area contributed by atoms with Crippen molar-refractivity contribution < 1.29 is 52.0 Å². The predicted octanol–water partition coefficient (Wildman–Crippen LogP) is 8.96. The summed E-state index contributed by atoms with van der Waals surface area (Å²) in [5.41, 5.74) is 5.15. The minimum Gasteiger partial charge on any atom is -0.462 e. The van der Waals surface area contributed by atoms with Gasteiger partial charge in [0.1, 0.15) is 6.61 Å². The Morgan fingerprint density at radius 2 is 0.952 bits per heavy atom. The second-order valence-electron chi connectivity index (χ2n) is 16.2. The van der Waals surface area contributed by atoms with Gasteiger partial charge >= 0.3 is 19.8 Å². The number of hydrogen-bond acceptors (Lipinski definition) is 11. The van der Waals surface area contributed by atoms with Gasteiger partial charge in [-0.25, -0.2) is 4.57 Å². The molecule has 2 atom stereocenters. The van der Waals surface area contributed by atoms with Crippen LogP contribution in [0.1, 0.15) is 194 Å². The average molecular weight is 915 g/mol. The maximum absolute atomic E-state index is 12.8. The van der Waals surface area contributed by atoms with Crippen LogP contribution >= 0.6 is 7.82 Å². The lowest BCUT2D eigenvalue weighted by Crippen LogP contribution is -2.43. The van der Waals surface area contributed by atoms with Crippen LogP contribution in [-0.2, 0) is 47.1 Å². The Bertz CT molecular complexity index is 1280. The minimum atomic E-state index is -4.66. The van der Waals surface area contributed by atoms with E-state index in [-0.39, 0.29) is 39.1 Å². The number of phosphoric acid groups is 1. The number of amides is 3. The highest BCUT2D eigenvalue weighted by molar-refractivity contribution is 7.47. The van der Waals surface area contributed by atoms with Gasteiger partial charge in [-0.2, -0.15) is 0 Å². The number of hydrogen-bond donors (Lipinski definition) is 5. The zero-order chi connectivity index (χ0) is 46.5. The van der Waals surface area contributed by atoms with Gasteiger partial charge < -0.3 is 36.1 Å². The zero-order valence-corrected chi connectivity index (χ0v) is 40.1. The largest absolute Gasteiger partial charge is 0.472 e. The number of allylic oxidation sites excluding steroid dienone is 4. The van der Waals surface area contributed by atoms with Gasteiger partial charge in [-0.15, -0.1) is 0 Å². The highest BCUT2D eigenvalue weighted by atomic mass is 31.2. The van der Waals surface area contributed by atoms with Crippen molar-refractivity contribution in [3.05, 3.63) is 24.3 Å². The number of rotatable bonds is 45. The van der Waals surface area contributed by atoms with E-state index in [1.165, 1.54) is 77.0 Å². The highest BCUT2D eigenvalue weighted by Gasteiger charge is 2.26. The Kier molecular flexibility index (Phi) is 41.9. The number of nitrogens with two attached hydrogens (primary N) is 1. The number of esters is 2. The van der Waals surface area contributed by atoms with Crippen molar-refractivity contribution in [2.24, 2.45) is 5.73 Å². The number of nitrogens with one attached hydrogen (secondary N) is 3. The summed E-state index contributed by atoms with van der Waals surface area (Å²) in [6.45, 7) is 1.94. The van der Waals surface area contributed by atoms with E-state index in [0.29, 0.717) is 12.8 Å². The molecule has 0 radical (unpaired) electrons. The van der Waals surface area contributed by atoms with Crippen molar-refractivity contribution in [3.8, 4) is 0 Å². The Labute approximate surface area is 380 Å². The molecule has 6 N–H and O–H groups in total. The summed E-state index contributed by atoms with van der Waals surface area (Å²) >= 11 is 0. The van der Waals surface area contributed by atoms with E-state index in [4.69, 9.17) is 24.3 Å². The third-order valence-electron chi connectivity index (χ3n) is 10.2. The van der Waals surface area contributed by atoms with Crippen LogP contribution in [0.25, 0.3) is 0 Å². The van der Waals surface area contributed by atoms with Gasteiger partial charge in [0.05, 0.1) is 32.8 Å². The normalized spacial score (nSPS) is 12.9. The smallest absolute Gasteiger partial charge is 0.462 e. The molecule has 0 saturated heterocycles. The summed E-state index contributed by atoms with van der Waals surface area (Å²) in [7, 11) is -4.66. The molecule has 0 aromatic heterocycles. The van der Waals surface area contributed by atoms with Crippen molar-refractivity contribution in [2.75, 3.05) is 46.0 Å². The third-order valence-corrected chi connectivity index (χ3v) is 11.2. The Morgan fingerprint density at radius 3 is 1.43 bits per heavy atom. The van der Waals surface area contributed by atoms with Gasteiger partial charge in [0.15, 0.2) is 6.10 Å². The summed E-state index contributed by atoms with van der Waals surface area (Å²) in [6.07, 6.45) is 37.9. The summed E-state index contributed by atoms with van der Waals surface area (Å²) in [5, 5.41) is 6.98. The molecule has 366 valence electrons. The lowest BCUT2D eigenvalue weighted by Gasteiger charge is -2.20. The molecule has 15 nitrogen and oxygen atoms in total. The predicted molar refractivity (Wildman–Crippen MR) is 250 cm³/mol. The number of unbranched alkanes of at least 4 members (excludes halogenated alkanes) is 22. The third kappa shape index (κ3) is 43.9. The van der Waals surface area contributed by atoms with E-state index in [0.717, 1.165) is 77.0 Å². The first kappa shape index (κ1) is 59.9. The fourth-order valence-corrected chi connectivity index (χ4v) is 7.17. The maximum Gasteiger partial charge on any atom is 0.472 e. The topological polar surface area (TPSA) is 222 Å². The van der Waals surface area contributed by atoms with E-state index in [2.05, 4.69) is 54.1 Å². The first-order valence-corrected chi connectivity index (χ1v) is 25.8. The zero-order valence-electron chi connectivity index (χ0n) is 39.2. The molecule has 0 aliphatic heterocycles. The van der Waals surface area contributed by atoms with E-state index < -0.39 is 63.3 Å². The SMILES string of the molecule is CCCCCCCCC=CCCCCCCCC(=O)OC[C@H](COP(=O)(O)OCCNC(=O)CNC(=O)CNC(=O)CN)OC(=O)CCCCCCCC=CCCCCCCCC. The van der Waals surface area contributed by atoms with E-state index in [1.54, 1.807) is 0 Å². The Morgan fingerprint density at radius 1 is 0.540 bits per heavy atom. The molecule has 0 aliphatic rings. The van der Waals surface area contributed by atoms with Crippen LogP contribution in [0.4, 0.5) is 0 Å². The van der Waals surface area contributed by atoms with Crippen molar-refractivity contribution in [3.63, 3.8) is 0 Å². The molecule has 0 aromatic carbocycles. The van der Waals surface area contributed by atoms with Crippen LogP contribution in [0.15, 0.2) is 24.3 Å². The van der Waals surface area contributed by atoms with Crippen molar-refractivity contribution in [2.45, 2.75) is 200 Å². The van der Waals surface area contributed by atoms with Crippen LogP contribution in [-0.4, -0.2) is 86.7 Å². The van der Waals surface area contributed by atoms with E-state index in [9.17, 15) is 33.4 Å². The molecular weight excluding hydrogens is 828 g/mol. The molecule has 63 heavy (non-hydrogen) atoms. The molecule has 0 bridgehead atoms. The Hall–Kier alpha value is -3.10. The van der Waals surface area contributed by atoms with Gasteiger partial charge in [-0.05, 0) is 64.2 Å². The average Bonchev–Trinajstić information content (AvgIpc) is 3.27. The molecule has 0 aliphatic carbocycles. The molecule has 3 amide bonds. The van der Waals surface area contributed by atoms with Gasteiger partial charge in [0.2, 0.25) is 17.7 Å². The maximum atomic E-state index is 12.8. The molecule has 0 heterocycles. The van der Waals surface area contributed by atoms with Crippen LogP contribution in [0, 0.1) is 0 Å². The number of carbonyl (C=O) groups excluding carboxylic acids is 5. The van der Waals surface area contributed by atoms with Crippen molar-refractivity contribution in [1.29, 1.82) is 0 Å². The minimum absolute atomic E-state index is 0.146. The van der Waals surface area contributed by atoms with E-state index in [1.807, 2.05) is 0 Å². The Balaban J connectivity index is 4.63. The van der Waals surface area contributed by atoms with Crippen molar-refractivity contribution >= 4 is 37.5 Å². The molecule has 0 spiro atoms. The molecule has 0 aromatic rings. The summed E-state index contributed by atoms with van der Waals surface area (Å²) in [5.74, 6) is -2.72. The van der Waals surface area contributed by atoms with Crippen LogP contribution < -0.4 is 21.7 Å². The molecular formula is C47H87N4O11P.